The fraction of sp³-hybridized carbons (Fsp3) is 0.172. The van der Waals surface area contributed by atoms with Crippen molar-refractivity contribution in [1.29, 1.82) is 0 Å². The van der Waals surface area contributed by atoms with Gasteiger partial charge < -0.3 is 25.3 Å². The SMILES string of the molecule is COc1ccc(CN)cc1.COc1ccc(CNc2ccccc2[N+](=O)[O-])cc1OC.O=[N+]([O-])c1ccccc1F. The van der Waals surface area contributed by atoms with Crippen LogP contribution in [0, 0.1) is 26.0 Å². The molecule has 0 saturated heterocycles. The highest BCUT2D eigenvalue weighted by atomic mass is 19.1. The molecular weight excluding hydrogens is 535 g/mol. The molecule has 4 rings (SSSR count). The van der Waals surface area contributed by atoms with Crippen LogP contribution in [0.4, 0.5) is 21.5 Å². The van der Waals surface area contributed by atoms with Gasteiger partial charge in [-0.15, -0.1) is 0 Å². The van der Waals surface area contributed by atoms with Crippen LogP contribution in [0.5, 0.6) is 17.2 Å². The molecule has 41 heavy (non-hydrogen) atoms. The van der Waals surface area contributed by atoms with Gasteiger partial charge in [0, 0.05) is 25.2 Å². The number of nitrogens with two attached hydrogens (primary N) is 1. The summed E-state index contributed by atoms with van der Waals surface area (Å²) in [6.45, 7) is 1.04. The lowest BCUT2D eigenvalue weighted by molar-refractivity contribution is -0.387. The average Bonchev–Trinajstić information content (AvgIpc) is 3.00. The predicted molar refractivity (Wildman–Crippen MR) is 154 cm³/mol. The molecule has 216 valence electrons. The Morgan fingerprint density at radius 3 is 1.80 bits per heavy atom. The first-order valence-electron chi connectivity index (χ1n) is 12.1. The van der Waals surface area contributed by atoms with E-state index in [1.165, 1.54) is 18.2 Å². The highest BCUT2D eigenvalue weighted by Crippen LogP contribution is 2.29. The number of rotatable bonds is 9. The summed E-state index contributed by atoms with van der Waals surface area (Å²) < 4.78 is 27.8. The minimum absolute atomic E-state index is 0.0537. The van der Waals surface area contributed by atoms with Crippen LogP contribution in [0.15, 0.2) is 91.0 Å². The zero-order valence-corrected chi connectivity index (χ0v) is 22.8. The van der Waals surface area contributed by atoms with Crippen molar-refractivity contribution < 1.29 is 28.4 Å². The molecule has 0 amide bonds. The average molecular weight is 567 g/mol. The summed E-state index contributed by atoms with van der Waals surface area (Å²) in [4.78, 5) is 19.8. The van der Waals surface area contributed by atoms with Gasteiger partial charge in [0.2, 0.25) is 5.82 Å². The summed E-state index contributed by atoms with van der Waals surface area (Å²) in [5, 5.41) is 24.0. The Morgan fingerprint density at radius 2 is 1.29 bits per heavy atom. The van der Waals surface area contributed by atoms with Gasteiger partial charge in [0.25, 0.3) is 5.69 Å². The number of nitrogens with zero attached hydrogens (tertiary/aromatic N) is 2. The van der Waals surface area contributed by atoms with Crippen LogP contribution in [-0.4, -0.2) is 31.2 Å². The van der Waals surface area contributed by atoms with Crippen LogP contribution < -0.4 is 25.3 Å². The van der Waals surface area contributed by atoms with Gasteiger partial charge in [-0.25, -0.2) is 0 Å². The van der Waals surface area contributed by atoms with Crippen LogP contribution in [0.1, 0.15) is 11.1 Å². The maximum atomic E-state index is 12.4. The highest BCUT2D eigenvalue weighted by molar-refractivity contribution is 5.61. The molecule has 12 heteroatoms. The van der Waals surface area contributed by atoms with Gasteiger partial charge in [0.1, 0.15) is 11.4 Å². The number of methoxy groups -OCH3 is 3. The lowest BCUT2D eigenvalue weighted by atomic mass is 10.2. The first-order valence-corrected chi connectivity index (χ1v) is 12.1. The Kier molecular flexibility index (Phi) is 13.0. The van der Waals surface area contributed by atoms with Crippen LogP contribution >= 0.6 is 0 Å². The minimum Gasteiger partial charge on any atom is -0.497 e. The zero-order valence-electron chi connectivity index (χ0n) is 22.8. The molecule has 0 atom stereocenters. The van der Waals surface area contributed by atoms with Gasteiger partial charge in [0.05, 0.1) is 31.2 Å². The van der Waals surface area contributed by atoms with E-state index in [-0.39, 0.29) is 5.69 Å². The smallest absolute Gasteiger partial charge is 0.304 e. The second-order valence-electron chi connectivity index (χ2n) is 8.08. The number of nitro benzene ring substituents is 2. The summed E-state index contributed by atoms with van der Waals surface area (Å²) >= 11 is 0. The van der Waals surface area contributed by atoms with E-state index in [9.17, 15) is 24.6 Å². The number of para-hydroxylation sites is 3. The van der Waals surface area contributed by atoms with Gasteiger partial charge in [0.15, 0.2) is 11.5 Å². The topological polar surface area (TPSA) is 152 Å². The molecule has 0 spiro atoms. The van der Waals surface area contributed by atoms with Crippen LogP contribution in [0.25, 0.3) is 0 Å². The van der Waals surface area contributed by atoms with Crippen molar-refractivity contribution in [2.45, 2.75) is 13.1 Å². The molecule has 11 nitrogen and oxygen atoms in total. The van der Waals surface area contributed by atoms with Crippen molar-refractivity contribution in [1.82, 2.24) is 0 Å². The van der Waals surface area contributed by atoms with Crippen LogP contribution in [-0.2, 0) is 13.1 Å². The van der Waals surface area contributed by atoms with E-state index in [0.717, 1.165) is 29.0 Å². The summed E-state index contributed by atoms with van der Waals surface area (Å²) in [5.41, 5.74) is 7.52. The lowest BCUT2D eigenvalue weighted by Crippen LogP contribution is -2.03. The fourth-order valence-corrected chi connectivity index (χ4v) is 3.33. The van der Waals surface area contributed by atoms with Gasteiger partial charge in [-0.2, -0.15) is 4.39 Å². The van der Waals surface area contributed by atoms with Crippen molar-refractivity contribution in [3.8, 4) is 17.2 Å². The van der Waals surface area contributed by atoms with Crippen molar-refractivity contribution in [2.75, 3.05) is 26.6 Å². The third-order valence-electron chi connectivity index (χ3n) is 5.48. The largest absolute Gasteiger partial charge is 0.497 e. The molecular formula is C29H31FN4O7. The Balaban J connectivity index is 0.000000244. The van der Waals surface area contributed by atoms with Crippen LogP contribution in [0.2, 0.25) is 0 Å². The molecule has 0 radical (unpaired) electrons. The summed E-state index contributed by atoms with van der Waals surface area (Å²) in [5.74, 6) is 1.34. The zero-order chi connectivity index (χ0) is 30.2. The number of ether oxygens (including phenoxy) is 3. The molecule has 0 aromatic heterocycles. The Bertz CT molecular complexity index is 1400. The molecule has 3 N–H and O–H groups in total. The standard InChI is InChI=1S/C15H16N2O4.C8H11NO.C6H4FNO2/c1-20-14-8-7-11(9-15(14)21-2)10-16-12-5-3-4-6-13(12)17(18)19;1-10-8-4-2-7(6-9)3-5-8;7-5-3-1-2-4-6(5)8(9)10/h3-9,16H,10H2,1-2H3;2-5H,6,9H2,1H3;1-4H. The van der Waals surface area contributed by atoms with Gasteiger partial charge in [-0.05, 0) is 47.5 Å². The van der Waals surface area contributed by atoms with E-state index >= 15 is 0 Å². The molecule has 4 aromatic carbocycles. The first-order chi connectivity index (χ1) is 19.7. The maximum Gasteiger partial charge on any atom is 0.304 e. The molecule has 0 fully saturated rings. The number of hydrogen-bond donors (Lipinski definition) is 2. The molecule has 0 aliphatic heterocycles. The monoisotopic (exact) mass is 566 g/mol. The minimum atomic E-state index is -0.799. The van der Waals surface area contributed by atoms with E-state index in [0.29, 0.717) is 30.3 Å². The van der Waals surface area contributed by atoms with E-state index in [4.69, 9.17) is 19.9 Å². The molecule has 0 saturated carbocycles. The van der Waals surface area contributed by atoms with Crippen molar-refractivity contribution >= 4 is 17.1 Å². The highest BCUT2D eigenvalue weighted by Gasteiger charge is 2.12. The second kappa shape index (κ2) is 16.7. The summed E-state index contributed by atoms with van der Waals surface area (Å²) in [6, 6.07) is 24.8. The van der Waals surface area contributed by atoms with Gasteiger partial charge in [-0.1, -0.05) is 42.5 Å². The van der Waals surface area contributed by atoms with Crippen molar-refractivity contribution in [3.05, 3.63) is 128 Å². The first kappa shape index (κ1) is 32.0. The third-order valence-corrected chi connectivity index (χ3v) is 5.48. The number of halogens is 1. The summed E-state index contributed by atoms with van der Waals surface area (Å²) in [6.07, 6.45) is 0. The molecule has 0 aliphatic rings. The third kappa shape index (κ3) is 10.1. The van der Waals surface area contributed by atoms with Gasteiger partial charge in [-0.3, -0.25) is 20.2 Å². The number of anilines is 1. The molecule has 0 aliphatic carbocycles. The van der Waals surface area contributed by atoms with E-state index < -0.39 is 21.4 Å². The number of benzene rings is 4. The van der Waals surface area contributed by atoms with E-state index in [1.807, 2.05) is 36.4 Å². The summed E-state index contributed by atoms with van der Waals surface area (Å²) in [7, 11) is 4.79. The van der Waals surface area contributed by atoms with Crippen molar-refractivity contribution in [2.24, 2.45) is 5.73 Å². The number of hydrogen-bond acceptors (Lipinski definition) is 9. The molecule has 0 unspecified atom stereocenters. The molecule has 4 aromatic rings. The van der Waals surface area contributed by atoms with E-state index in [1.54, 1.807) is 45.6 Å². The number of nitro groups is 2. The normalized spacial score (nSPS) is 9.68. The van der Waals surface area contributed by atoms with E-state index in [2.05, 4.69) is 5.32 Å². The number of nitrogens with one attached hydrogen (secondary N) is 1. The van der Waals surface area contributed by atoms with Crippen LogP contribution in [0.3, 0.4) is 0 Å². The van der Waals surface area contributed by atoms with Gasteiger partial charge >= 0.3 is 5.69 Å². The molecule has 0 heterocycles. The fourth-order valence-electron chi connectivity index (χ4n) is 3.33. The van der Waals surface area contributed by atoms with Crippen molar-refractivity contribution in [3.63, 3.8) is 0 Å². The quantitative estimate of drug-likeness (QED) is 0.180. The second-order valence-corrected chi connectivity index (χ2v) is 8.08. The Morgan fingerprint density at radius 1 is 0.732 bits per heavy atom. The lowest BCUT2D eigenvalue weighted by Gasteiger charge is -2.11. The predicted octanol–water partition coefficient (Wildman–Crippen LogP) is 6.11. The maximum absolute atomic E-state index is 12.4. The molecule has 0 bridgehead atoms. The Labute approximate surface area is 236 Å². The Hall–Kier alpha value is -5.23.